The number of carboxylic acid groups (broad SMARTS) is 1. The van der Waals surface area contributed by atoms with E-state index in [0.717, 1.165) is 16.9 Å². The molecular formula is C19H18N2O5S2. The van der Waals surface area contributed by atoms with Gasteiger partial charge in [0.2, 0.25) is 0 Å². The summed E-state index contributed by atoms with van der Waals surface area (Å²) < 4.78 is 33.4. The van der Waals surface area contributed by atoms with Gasteiger partial charge in [-0.15, -0.1) is 11.3 Å². The van der Waals surface area contributed by atoms with Crippen molar-refractivity contribution in [2.24, 2.45) is 5.92 Å². The molecule has 7 nitrogen and oxygen atoms in total. The standard InChI is InChI=1S/C19H18N2O5S2/c1-11-10-14(20-26-11)15-8-9-16(27-15)28(24,25)21-19(18(22)23)12(2)17(19)13-6-4-3-5-7-13/h3-10,12,17,21H,1-2H3,(H,22,23)/t12-,17-,19+/m1/s1. The van der Waals surface area contributed by atoms with Gasteiger partial charge in [0.25, 0.3) is 10.0 Å². The molecule has 1 aliphatic rings. The predicted octanol–water partition coefficient (Wildman–Crippen LogP) is 3.25. The first-order valence-corrected chi connectivity index (χ1v) is 10.9. The topological polar surface area (TPSA) is 110 Å². The number of aryl methyl sites for hydroxylation is 1. The van der Waals surface area contributed by atoms with E-state index in [1.165, 1.54) is 6.07 Å². The van der Waals surface area contributed by atoms with Gasteiger partial charge in [0.1, 0.15) is 21.2 Å². The van der Waals surface area contributed by atoms with Crippen molar-refractivity contribution >= 4 is 27.3 Å². The fraction of sp³-hybridized carbons (Fsp3) is 0.263. The quantitative estimate of drug-likeness (QED) is 0.636. The number of benzene rings is 1. The average molecular weight is 418 g/mol. The number of nitrogens with zero attached hydrogens (tertiary/aromatic N) is 1. The summed E-state index contributed by atoms with van der Waals surface area (Å²) in [6, 6.07) is 13.9. The van der Waals surface area contributed by atoms with Crippen LogP contribution >= 0.6 is 11.3 Å². The molecule has 0 spiro atoms. The van der Waals surface area contributed by atoms with Gasteiger partial charge in [-0.2, -0.15) is 4.72 Å². The molecule has 28 heavy (non-hydrogen) atoms. The molecule has 1 aromatic carbocycles. The van der Waals surface area contributed by atoms with Crippen LogP contribution in [0.25, 0.3) is 10.6 Å². The van der Waals surface area contributed by atoms with Crippen molar-refractivity contribution in [3.63, 3.8) is 0 Å². The van der Waals surface area contributed by atoms with E-state index in [2.05, 4.69) is 9.88 Å². The monoisotopic (exact) mass is 418 g/mol. The Balaban J connectivity index is 1.65. The van der Waals surface area contributed by atoms with Crippen LogP contribution in [-0.4, -0.2) is 30.2 Å². The number of thiophene rings is 1. The van der Waals surface area contributed by atoms with Gasteiger partial charge < -0.3 is 9.63 Å². The van der Waals surface area contributed by atoms with E-state index in [9.17, 15) is 18.3 Å². The molecule has 3 atom stereocenters. The number of nitrogens with one attached hydrogen (secondary N) is 1. The van der Waals surface area contributed by atoms with Gasteiger partial charge in [0.15, 0.2) is 0 Å². The first-order chi connectivity index (χ1) is 13.3. The lowest BCUT2D eigenvalue weighted by Crippen LogP contribution is -2.45. The second-order valence-corrected chi connectivity index (χ2v) is 9.89. The lowest BCUT2D eigenvalue weighted by Gasteiger charge is -2.15. The van der Waals surface area contributed by atoms with E-state index in [-0.39, 0.29) is 10.1 Å². The molecule has 9 heteroatoms. The SMILES string of the molecule is Cc1cc(-c2ccc(S(=O)(=O)N[C@@]3(C(=O)O)[C@H](C)[C@@H]3c3ccccc3)s2)no1. The minimum atomic E-state index is -4.03. The van der Waals surface area contributed by atoms with Gasteiger partial charge in [-0.3, -0.25) is 4.79 Å². The second kappa shape index (κ2) is 6.54. The highest BCUT2D eigenvalue weighted by atomic mass is 32.2. The first kappa shape index (κ1) is 18.9. The summed E-state index contributed by atoms with van der Waals surface area (Å²) in [7, 11) is -4.03. The molecule has 2 aromatic heterocycles. The maximum atomic E-state index is 13.0. The number of carbonyl (C=O) groups is 1. The Hall–Kier alpha value is -2.49. The van der Waals surface area contributed by atoms with E-state index in [1.54, 1.807) is 26.0 Å². The lowest BCUT2D eigenvalue weighted by atomic mass is 10.1. The number of hydrogen-bond acceptors (Lipinski definition) is 6. The van der Waals surface area contributed by atoms with Crippen LogP contribution in [0.4, 0.5) is 0 Å². The predicted molar refractivity (Wildman–Crippen MR) is 104 cm³/mol. The molecule has 0 radical (unpaired) electrons. The molecule has 2 heterocycles. The number of aliphatic carboxylic acids is 1. The maximum Gasteiger partial charge on any atom is 0.325 e. The fourth-order valence-corrected chi connectivity index (χ4v) is 6.37. The Bertz CT molecular complexity index is 1140. The minimum absolute atomic E-state index is 0.0367. The van der Waals surface area contributed by atoms with Crippen LogP contribution in [-0.2, 0) is 14.8 Å². The Kier molecular flexibility index (Phi) is 4.40. The van der Waals surface area contributed by atoms with Crippen molar-refractivity contribution in [2.75, 3.05) is 0 Å². The van der Waals surface area contributed by atoms with E-state index in [4.69, 9.17) is 4.52 Å². The summed E-state index contributed by atoms with van der Waals surface area (Å²) >= 11 is 1.02. The highest BCUT2D eigenvalue weighted by Crippen LogP contribution is 2.58. The van der Waals surface area contributed by atoms with Crippen molar-refractivity contribution in [2.45, 2.75) is 29.5 Å². The number of hydrogen-bond donors (Lipinski definition) is 2. The average Bonchev–Trinajstić information content (AvgIpc) is 3.06. The second-order valence-electron chi connectivity index (χ2n) is 6.90. The van der Waals surface area contributed by atoms with Crippen LogP contribution in [0.5, 0.6) is 0 Å². The number of rotatable bonds is 6. The Morgan fingerprint density at radius 2 is 1.96 bits per heavy atom. The van der Waals surface area contributed by atoms with Crippen LogP contribution in [0, 0.1) is 12.8 Å². The first-order valence-electron chi connectivity index (χ1n) is 8.61. The Morgan fingerprint density at radius 3 is 2.57 bits per heavy atom. The molecule has 3 aromatic rings. The molecule has 0 saturated heterocycles. The molecule has 1 fully saturated rings. The zero-order valence-electron chi connectivity index (χ0n) is 15.1. The third-order valence-corrected chi connectivity index (χ3v) is 8.23. The highest BCUT2D eigenvalue weighted by Gasteiger charge is 2.70. The largest absolute Gasteiger partial charge is 0.480 e. The molecule has 4 rings (SSSR count). The summed E-state index contributed by atoms with van der Waals surface area (Å²) in [6.07, 6.45) is 0. The van der Waals surface area contributed by atoms with Crippen molar-refractivity contribution in [1.29, 1.82) is 0 Å². The molecule has 0 amide bonds. The Labute approximate surface area is 166 Å². The third-order valence-electron chi connectivity index (χ3n) is 5.14. The maximum absolute atomic E-state index is 13.0. The van der Waals surface area contributed by atoms with E-state index >= 15 is 0 Å². The van der Waals surface area contributed by atoms with Crippen LogP contribution in [0.15, 0.2) is 57.3 Å². The van der Waals surface area contributed by atoms with Crippen molar-refractivity contribution in [3.8, 4) is 10.6 Å². The third kappa shape index (κ3) is 2.95. The summed E-state index contributed by atoms with van der Waals surface area (Å²) in [5.41, 5.74) is -0.224. The number of sulfonamides is 1. The summed E-state index contributed by atoms with van der Waals surface area (Å²) in [5.74, 6) is -1.37. The lowest BCUT2D eigenvalue weighted by molar-refractivity contribution is -0.140. The van der Waals surface area contributed by atoms with Crippen LogP contribution in [0.3, 0.4) is 0 Å². The zero-order chi connectivity index (χ0) is 20.1. The van der Waals surface area contributed by atoms with Gasteiger partial charge in [-0.05, 0) is 30.5 Å². The normalized spacial score (nSPS) is 24.2. The molecule has 146 valence electrons. The van der Waals surface area contributed by atoms with Crippen LogP contribution < -0.4 is 4.72 Å². The zero-order valence-corrected chi connectivity index (χ0v) is 16.8. The van der Waals surface area contributed by atoms with Crippen molar-refractivity contribution < 1.29 is 22.8 Å². The van der Waals surface area contributed by atoms with Gasteiger partial charge in [-0.1, -0.05) is 42.4 Å². The smallest absolute Gasteiger partial charge is 0.325 e. The van der Waals surface area contributed by atoms with Gasteiger partial charge in [0.05, 0.1) is 4.88 Å². The fourth-order valence-electron chi connectivity index (χ4n) is 3.66. The summed E-state index contributed by atoms with van der Waals surface area (Å²) in [6.45, 7) is 3.49. The molecule has 0 unspecified atom stereocenters. The van der Waals surface area contributed by atoms with Crippen LogP contribution in [0.2, 0.25) is 0 Å². The minimum Gasteiger partial charge on any atom is -0.480 e. The molecule has 2 N–H and O–H groups in total. The molecule has 1 saturated carbocycles. The summed E-state index contributed by atoms with van der Waals surface area (Å²) in [4.78, 5) is 12.7. The van der Waals surface area contributed by atoms with Crippen LogP contribution in [0.1, 0.15) is 24.2 Å². The molecule has 0 bridgehead atoms. The van der Waals surface area contributed by atoms with Gasteiger partial charge >= 0.3 is 5.97 Å². The number of aromatic nitrogens is 1. The van der Waals surface area contributed by atoms with E-state index in [1.807, 2.05) is 30.3 Å². The van der Waals surface area contributed by atoms with E-state index < -0.39 is 27.4 Å². The van der Waals surface area contributed by atoms with E-state index in [0.29, 0.717) is 16.3 Å². The molecule has 1 aliphatic carbocycles. The van der Waals surface area contributed by atoms with Gasteiger partial charge in [-0.25, -0.2) is 8.42 Å². The summed E-state index contributed by atoms with van der Waals surface area (Å²) in [5, 5.41) is 13.7. The molecular weight excluding hydrogens is 400 g/mol. The Morgan fingerprint density at radius 1 is 1.25 bits per heavy atom. The van der Waals surface area contributed by atoms with Crippen molar-refractivity contribution in [3.05, 3.63) is 59.9 Å². The van der Waals surface area contributed by atoms with Crippen molar-refractivity contribution in [1.82, 2.24) is 9.88 Å². The van der Waals surface area contributed by atoms with Gasteiger partial charge in [0, 0.05) is 12.0 Å². The highest BCUT2D eigenvalue weighted by molar-refractivity contribution is 7.91. The number of carboxylic acids is 1. The molecule has 0 aliphatic heterocycles.